The molecule has 0 spiro atoms. The molecule has 1 aliphatic carbocycles. The Kier molecular flexibility index (Phi) is 5.96. The Hall–Kier alpha value is -2.33. The Morgan fingerprint density at radius 1 is 1.04 bits per heavy atom. The summed E-state index contributed by atoms with van der Waals surface area (Å²) in [6, 6.07) is 18.8. The van der Waals surface area contributed by atoms with Crippen LogP contribution in [0.5, 0.6) is 5.75 Å². The highest BCUT2D eigenvalue weighted by Crippen LogP contribution is 2.48. The number of carbonyl (C=O) groups is 1. The van der Waals surface area contributed by atoms with Crippen LogP contribution >= 0.6 is 0 Å². The third-order valence-corrected chi connectivity index (χ3v) is 6.09. The molecule has 1 heterocycles. The van der Waals surface area contributed by atoms with E-state index in [0.29, 0.717) is 11.8 Å². The highest BCUT2D eigenvalue weighted by molar-refractivity contribution is 5.83. The number of methoxy groups -OCH3 is 1. The van der Waals surface area contributed by atoms with Crippen LogP contribution < -0.4 is 4.74 Å². The van der Waals surface area contributed by atoms with E-state index in [1.165, 1.54) is 11.1 Å². The van der Waals surface area contributed by atoms with Crippen molar-refractivity contribution in [3.8, 4) is 5.75 Å². The van der Waals surface area contributed by atoms with Gasteiger partial charge in [0.2, 0.25) is 5.91 Å². The van der Waals surface area contributed by atoms with Gasteiger partial charge in [-0.15, -0.1) is 0 Å². The average Bonchev–Trinajstić information content (AvgIpc) is 3.55. The van der Waals surface area contributed by atoms with Crippen LogP contribution in [0.4, 0.5) is 0 Å². The van der Waals surface area contributed by atoms with E-state index >= 15 is 0 Å². The molecule has 2 aromatic carbocycles. The molecule has 2 unspecified atom stereocenters. The highest BCUT2D eigenvalue weighted by atomic mass is 16.5. The number of carbonyl (C=O) groups excluding carboxylic acids is 1. The van der Waals surface area contributed by atoms with Crippen molar-refractivity contribution in [3.63, 3.8) is 0 Å². The average molecular weight is 379 g/mol. The van der Waals surface area contributed by atoms with E-state index in [2.05, 4.69) is 52.3 Å². The zero-order chi connectivity index (χ0) is 19.3. The Balaban J connectivity index is 1.18. The Morgan fingerprint density at radius 3 is 2.57 bits per heavy atom. The zero-order valence-electron chi connectivity index (χ0n) is 16.7. The number of nitrogens with zero attached hydrogens (tertiary/aromatic N) is 2. The molecule has 1 amide bonds. The summed E-state index contributed by atoms with van der Waals surface area (Å²) in [4.78, 5) is 17.4. The van der Waals surface area contributed by atoms with Gasteiger partial charge in [-0.1, -0.05) is 42.5 Å². The van der Waals surface area contributed by atoms with E-state index in [1.54, 1.807) is 7.11 Å². The minimum Gasteiger partial charge on any atom is -0.497 e. The van der Waals surface area contributed by atoms with Gasteiger partial charge in [-0.3, -0.25) is 9.69 Å². The molecule has 2 aromatic rings. The second-order valence-corrected chi connectivity index (χ2v) is 7.98. The summed E-state index contributed by atoms with van der Waals surface area (Å²) >= 11 is 0. The summed E-state index contributed by atoms with van der Waals surface area (Å²) in [7, 11) is 1.71. The monoisotopic (exact) mass is 378 g/mol. The number of hydrogen-bond donors (Lipinski definition) is 0. The fourth-order valence-electron chi connectivity index (χ4n) is 4.30. The Labute approximate surface area is 168 Å². The zero-order valence-corrected chi connectivity index (χ0v) is 16.7. The molecule has 4 rings (SSSR count). The normalized spacial score (nSPS) is 22.1. The van der Waals surface area contributed by atoms with Gasteiger partial charge < -0.3 is 9.64 Å². The van der Waals surface area contributed by atoms with Crippen molar-refractivity contribution in [1.29, 1.82) is 0 Å². The molecular weight excluding hydrogens is 348 g/mol. The Bertz CT molecular complexity index is 784. The van der Waals surface area contributed by atoms with E-state index in [9.17, 15) is 4.79 Å². The maximum absolute atomic E-state index is 12.8. The lowest BCUT2D eigenvalue weighted by molar-refractivity contribution is -0.134. The summed E-state index contributed by atoms with van der Waals surface area (Å²) in [5.41, 5.74) is 2.64. The number of hydrogen-bond acceptors (Lipinski definition) is 3. The minimum atomic E-state index is 0.210. The molecule has 2 fully saturated rings. The van der Waals surface area contributed by atoms with Crippen molar-refractivity contribution in [1.82, 2.24) is 9.80 Å². The fourth-order valence-corrected chi connectivity index (χ4v) is 4.30. The van der Waals surface area contributed by atoms with Gasteiger partial charge in [-0.25, -0.2) is 0 Å². The molecule has 1 saturated carbocycles. The van der Waals surface area contributed by atoms with Gasteiger partial charge in [0, 0.05) is 32.1 Å². The van der Waals surface area contributed by atoms with E-state index in [-0.39, 0.29) is 5.92 Å². The largest absolute Gasteiger partial charge is 0.497 e. The maximum Gasteiger partial charge on any atom is 0.226 e. The molecule has 0 radical (unpaired) electrons. The molecule has 2 atom stereocenters. The fraction of sp³-hybridized carbons (Fsp3) is 0.458. The van der Waals surface area contributed by atoms with Gasteiger partial charge in [-0.2, -0.15) is 0 Å². The first-order valence-corrected chi connectivity index (χ1v) is 10.4. The van der Waals surface area contributed by atoms with Crippen molar-refractivity contribution in [2.75, 3.05) is 39.8 Å². The molecule has 4 heteroatoms. The van der Waals surface area contributed by atoms with Crippen LogP contribution in [-0.4, -0.2) is 55.5 Å². The molecule has 0 bridgehead atoms. The first kappa shape index (κ1) is 19.0. The van der Waals surface area contributed by atoms with Crippen molar-refractivity contribution >= 4 is 5.91 Å². The molecule has 0 N–H and O–H groups in total. The third-order valence-electron chi connectivity index (χ3n) is 6.09. The minimum absolute atomic E-state index is 0.210. The molecule has 2 aliphatic rings. The van der Waals surface area contributed by atoms with Crippen LogP contribution in [0.25, 0.3) is 0 Å². The van der Waals surface area contributed by atoms with Crippen LogP contribution in [0.1, 0.15) is 29.9 Å². The second kappa shape index (κ2) is 8.78. The van der Waals surface area contributed by atoms with Crippen molar-refractivity contribution < 1.29 is 9.53 Å². The van der Waals surface area contributed by atoms with Crippen LogP contribution in [-0.2, 0) is 11.2 Å². The SMILES string of the molecule is COc1cccc(CCCN2CCN(C(=O)C3CC3c3ccccc3)CC2)c1. The number of piperazine rings is 1. The highest BCUT2D eigenvalue weighted by Gasteiger charge is 2.45. The smallest absolute Gasteiger partial charge is 0.226 e. The molecule has 148 valence electrons. The van der Waals surface area contributed by atoms with Crippen LogP contribution in [0.15, 0.2) is 54.6 Å². The van der Waals surface area contributed by atoms with E-state index < -0.39 is 0 Å². The lowest BCUT2D eigenvalue weighted by Gasteiger charge is -2.35. The summed E-state index contributed by atoms with van der Waals surface area (Å²) in [5, 5.41) is 0. The summed E-state index contributed by atoms with van der Waals surface area (Å²) in [5.74, 6) is 1.94. The van der Waals surface area contributed by atoms with E-state index in [1.807, 2.05) is 12.1 Å². The Morgan fingerprint density at radius 2 is 1.82 bits per heavy atom. The van der Waals surface area contributed by atoms with Crippen LogP contribution in [0.2, 0.25) is 0 Å². The second-order valence-electron chi connectivity index (χ2n) is 7.98. The summed E-state index contributed by atoms with van der Waals surface area (Å²) in [6.07, 6.45) is 3.22. The van der Waals surface area contributed by atoms with Crippen LogP contribution in [0, 0.1) is 5.92 Å². The van der Waals surface area contributed by atoms with E-state index in [4.69, 9.17) is 4.74 Å². The van der Waals surface area contributed by atoms with Crippen LogP contribution in [0.3, 0.4) is 0 Å². The summed E-state index contributed by atoms with van der Waals surface area (Å²) in [6.45, 7) is 4.82. The predicted octanol–water partition coefficient (Wildman–Crippen LogP) is 3.58. The molecule has 28 heavy (non-hydrogen) atoms. The van der Waals surface area contributed by atoms with Gasteiger partial charge in [0.25, 0.3) is 0 Å². The maximum atomic E-state index is 12.8. The molecule has 0 aromatic heterocycles. The topological polar surface area (TPSA) is 32.8 Å². The molecule has 4 nitrogen and oxygen atoms in total. The lowest BCUT2D eigenvalue weighted by atomic mass is 10.1. The molecule has 1 saturated heterocycles. The molecular formula is C24H30N2O2. The number of aryl methyl sites for hydroxylation is 1. The van der Waals surface area contributed by atoms with Gasteiger partial charge in [0.1, 0.15) is 5.75 Å². The van der Waals surface area contributed by atoms with Gasteiger partial charge in [-0.05, 0) is 55.0 Å². The van der Waals surface area contributed by atoms with Crippen molar-refractivity contribution in [2.24, 2.45) is 5.92 Å². The van der Waals surface area contributed by atoms with Crippen molar-refractivity contribution in [3.05, 3.63) is 65.7 Å². The first-order chi connectivity index (χ1) is 13.7. The van der Waals surface area contributed by atoms with Gasteiger partial charge in [0.05, 0.1) is 7.11 Å². The van der Waals surface area contributed by atoms with E-state index in [0.717, 1.165) is 57.7 Å². The third kappa shape index (κ3) is 4.56. The number of rotatable bonds is 7. The quantitative estimate of drug-likeness (QED) is 0.738. The molecule has 1 aliphatic heterocycles. The van der Waals surface area contributed by atoms with Crippen molar-refractivity contribution in [2.45, 2.75) is 25.2 Å². The number of benzene rings is 2. The van der Waals surface area contributed by atoms with Gasteiger partial charge >= 0.3 is 0 Å². The number of ether oxygens (including phenoxy) is 1. The standard InChI is InChI=1S/C24H30N2O2/c1-28-21-11-5-7-19(17-21)8-6-12-25-13-15-26(16-14-25)24(27)23-18-22(23)20-9-3-2-4-10-20/h2-5,7,9-11,17,22-23H,6,8,12-16,18H2,1H3. The van der Waals surface area contributed by atoms with Gasteiger partial charge in [0.15, 0.2) is 0 Å². The predicted molar refractivity (Wildman–Crippen MR) is 112 cm³/mol. The number of amides is 1. The first-order valence-electron chi connectivity index (χ1n) is 10.4. The summed E-state index contributed by atoms with van der Waals surface area (Å²) < 4.78 is 5.30. The lowest BCUT2D eigenvalue weighted by Crippen LogP contribution is -2.49.